The fraction of sp³-hybridized carbons (Fsp3) is 0.294. The van der Waals surface area contributed by atoms with Gasteiger partial charge in [-0.3, -0.25) is 4.98 Å². The highest BCUT2D eigenvalue weighted by molar-refractivity contribution is 7.11. The Balaban J connectivity index is 1.82. The van der Waals surface area contributed by atoms with E-state index >= 15 is 0 Å². The predicted molar refractivity (Wildman–Crippen MR) is 88.6 cm³/mol. The maximum absolute atomic E-state index is 4.59. The van der Waals surface area contributed by atoms with E-state index in [2.05, 4.69) is 53.4 Å². The molecule has 0 aliphatic rings. The molecule has 0 radical (unpaired) electrons. The van der Waals surface area contributed by atoms with Gasteiger partial charge in [-0.15, -0.1) is 11.3 Å². The van der Waals surface area contributed by atoms with Crippen molar-refractivity contribution in [2.24, 2.45) is 0 Å². The number of aromatic nitrogens is 2. The van der Waals surface area contributed by atoms with Gasteiger partial charge >= 0.3 is 0 Å². The number of nitrogens with zero attached hydrogens (tertiary/aromatic N) is 2. The lowest BCUT2D eigenvalue weighted by molar-refractivity contribution is 0.573. The molecule has 0 bridgehead atoms. The maximum atomic E-state index is 4.59. The molecule has 0 amide bonds. The molecule has 4 heteroatoms. The van der Waals surface area contributed by atoms with Gasteiger partial charge in [0.05, 0.1) is 11.6 Å². The Labute approximate surface area is 129 Å². The summed E-state index contributed by atoms with van der Waals surface area (Å²) in [5.41, 5.74) is 3.41. The van der Waals surface area contributed by atoms with Crippen LogP contribution in [0.15, 0.2) is 36.5 Å². The highest BCUT2D eigenvalue weighted by Gasteiger charge is 2.10. The van der Waals surface area contributed by atoms with Gasteiger partial charge in [0, 0.05) is 28.7 Å². The summed E-state index contributed by atoms with van der Waals surface area (Å²) in [7, 11) is 0. The summed E-state index contributed by atoms with van der Waals surface area (Å²) in [5.74, 6) is 0. The van der Waals surface area contributed by atoms with E-state index in [0.717, 1.165) is 22.8 Å². The smallest absolute Gasteiger partial charge is 0.109 e. The van der Waals surface area contributed by atoms with Crippen molar-refractivity contribution in [3.8, 4) is 0 Å². The van der Waals surface area contributed by atoms with Crippen LogP contribution in [0.3, 0.4) is 0 Å². The van der Waals surface area contributed by atoms with Crippen LogP contribution in [0.1, 0.15) is 34.1 Å². The van der Waals surface area contributed by atoms with Crippen LogP contribution in [-0.2, 0) is 6.54 Å². The number of rotatable bonds is 4. The monoisotopic (exact) mass is 297 g/mol. The van der Waals surface area contributed by atoms with Crippen LogP contribution in [0.4, 0.5) is 0 Å². The number of hydrogen-bond donors (Lipinski definition) is 1. The van der Waals surface area contributed by atoms with Gasteiger partial charge in [-0.2, -0.15) is 0 Å². The molecule has 3 aromatic rings. The third-order valence-corrected chi connectivity index (χ3v) is 4.63. The summed E-state index contributed by atoms with van der Waals surface area (Å²) in [4.78, 5) is 10.3. The lowest BCUT2D eigenvalue weighted by Gasteiger charge is -2.13. The van der Waals surface area contributed by atoms with Crippen LogP contribution in [0, 0.1) is 13.8 Å². The number of thiazole rings is 1. The molecule has 0 aliphatic heterocycles. The van der Waals surface area contributed by atoms with E-state index in [0.29, 0.717) is 0 Å². The lowest BCUT2D eigenvalue weighted by atomic mass is 10.1. The van der Waals surface area contributed by atoms with E-state index in [-0.39, 0.29) is 6.04 Å². The molecule has 0 aliphatic carbocycles. The molecule has 0 fully saturated rings. The molecular formula is C17H19N3S. The number of aryl methyl sites for hydroxylation is 2. The summed E-state index contributed by atoms with van der Waals surface area (Å²) in [5, 5.41) is 5.93. The second kappa shape index (κ2) is 5.92. The van der Waals surface area contributed by atoms with Gasteiger partial charge in [0.2, 0.25) is 0 Å². The summed E-state index contributed by atoms with van der Waals surface area (Å²) >= 11 is 1.75. The first kappa shape index (κ1) is 14.2. The van der Waals surface area contributed by atoms with Gasteiger partial charge < -0.3 is 5.32 Å². The standard InChI is InChI=1S/C17H19N3S/c1-11-8-14(15-6-4-5-7-16(15)20-11)10-18-13(3)17-19-9-12(2)21-17/h4-9,13,18H,10H2,1-3H3. The van der Waals surface area contributed by atoms with Crippen molar-refractivity contribution in [2.45, 2.75) is 33.4 Å². The summed E-state index contributed by atoms with van der Waals surface area (Å²) in [6.45, 7) is 7.12. The minimum Gasteiger partial charge on any atom is -0.304 e. The van der Waals surface area contributed by atoms with Gasteiger partial charge in [-0.25, -0.2) is 4.98 Å². The average molecular weight is 297 g/mol. The second-order valence-corrected chi connectivity index (χ2v) is 6.62. The quantitative estimate of drug-likeness (QED) is 0.786. The molecule has 0 saturated heterocycles. The van der Waals surface area contributed by atoms with Crippen molar-refractivity contribution in [2.75, 3.05) is 0 Å². The molecular weight excluding hydrogens is 278 g/mol. The maximum Gasteiger partial charge on any atom is 0.109 e. The lowest BCUT2D eigenvalue weighted by Crippen LogP contribution is -2.18. The number of benzene rings is 1. The summed E-state index contributed by atoms with van der Waals surface area (Å²) in [6.07, 6.45) is 1.93. The molecule has 1 unspecified atom stereocenters. The van der Waals surface area contributed by atoms with E-state index in [1.807, 2.05) is 19.2 Å². The first-order valence-electron chi connectivity index (χ1n) is 7.14. The topological polar surface area (TPSA) is 37.8 Å². The van der Waals surface area contributed by atoms with Crippen molar-refractivity contribution in [1.29, 1.82) is 0 Å². The third kappa shape index (κ3) is 3.12. The van der Waals surface area contributed by atoms with Crippen LogP contribution in [0.5, 0.6) is 0 Å². The fourth-order valence-corrected chi connectivity index (χ4v) is 3.26. The molecule has 0 saturated carbocycles. The van der Waals surface area contributed by atoms with Gasteiger partial charge in [0.1, 0.15) is 5.01 Å². The van der Waals surface area contributed by atoms with Gasteiger partial charge in [0.25, 0.3) is 0 Å². The van der Waals surface area contributed by atoms with E-state index < -0.39 is 0 Å². The largest absolute Gasteiger partial charge is 0.304 e. The minimum absolute atomic E-state index is 0.260. The number of fused-ring (bicyclic) bond motifs is 1. The van der Waals surface area contributed by atoms with Crippen LogP contribution in [-0.4, -0.2) is 9.97 Å². The number of hydrogen-bond acceptors (Lipinski definition) is 4. The molecule has 2 heterocycles. The highest BCUT2D eigenvalue weighted by Crippen LogP contribution is 2.21. The first-order chi connectivity index (χ1) is 10.1. The van der Waals surface area contributed by atoms with Crippen LogP contribution >= 0.6 is 11.3 Å². The third-order valence-electron chi connectivity index (χ3n) is 3.54. The SMILES string of the molecule is Cc1cc(CNC(C)c2ncc(C)s2)c2ccccc2n1. The normalized spacial score (nSPS) is 12.7. The van der Waals surface area contributed by atoms with E-state index in [1.54, 1.807) is 11.3 Å². The summed E-state index contributed by atoms with van der Waals surface area (Å²) < 4.78 is 0. The first-order valence-corrected chi connectivity index (χ1v) is 7.96. The van der Waals surface area contributed by atoms with Crippen molar-refractivity contribution in [3.63, 3.8) is 0 Å². The molecule has 3 rings (SSSR count). The molecule has 0 spiro atoms. The molecule has 1 N–H and O–H groups in total. The van der Waals surface area contributed by atoms with E-state index in [9.17, 15) is 0 Å². The Morgan fingerprint density at radius 3 is 2.81 bits per heavy atom. The Morgan fingerprint density at radius 1 is 1.24 bits per heavy atom. The van der Waals surface area contributed by atoms with Crippen molar-refractivity contribution < 1.29 is 0 Å². The van der Waals surface area contributed by atoms with Crippen molar-refractivity contribution in [1.82, 2.24) is 15.3 Å². The van der Waals surface area contributed by atoms with Crippen molar-refractivity contribution >= 4 is 22.2 Å². The Kier molecular flexibility index (Phi) is 3.99. The highest BCUT2D eigenvalue weighted by atomic mass is 32.1. The number of nitrogens with one attached hydrogen (secondary N) is 1. The van der Waals surface area contributed by atoms with Gasteiger partial charge in [0.15, 0.2) is 0 Å². The molecule has 3 nitrogen and oxygen atoms in total. The zero-order valence-electron chi connectivity index (χ0n) is 12.6. The van der Waals surface area contributed by atoms with E-state index in [4.69, 9.17) is 0 Å². The molecule has 1 aromatic carbocycles. The van der Waals surface area contributed by atoms with Crippen LogP contribution < -0.4 is 5.32 Å². The predicted octanol–water partition coefficient (Wildman–Crippen LogP) is 4.16. The summed E-state index contributed by atoms with van der Waals surface area (Å²) in [6, 6.07) is 10.7. The van der Waals surface area contributed by atoms with Gasteiger partial charge in [-0.1, -0.05) is 18.2 Å². The zero-order chi connectivity index (χ0) is 14.8. The molecule has 108 valence electrons. The molecule has 1 atom stereocenters. The molecule has 2 aromatic heterocycles. The Bertz CT molecular complexity index is 764. The Morgan fingerprint density at radius 2 is 2.05 bits per heavy atom. The number of para-hydroxylation sites is 1. The minimum atomic E-state index is 0.260. The molecule has 21 heavy (non-hydrogen) atoms. The van der Waals surface area contributed by atoms with Crippen molar-refractivity contribution in [3.05, 3.63) is 57.7 Å². The van der Waals surface area contributed by atoms with E-state index in [1.165, 1.54) is 15.8 Å². The average Bonchev–Trinajstić information content (AvgIpc) is 2.91. The second-order valence-electron chi connectivity index (χ2n) is 5.35. The van der Waals surface area contributed by atoms with Crippen LogP contribution in [0.25, 0.3) is 10.9 Å². The Hall–Kier alpha value is -1.78. The van der Waals surface area contributed by atoms with Gasteiger partial charge in [-0.05, 0) is 38.5 Å². The van der Waals surface area contributed by atoms with Crippen LogP contribution in [0.2, 0.25) is 0 Å². The fourth-order valence-electron chi connectivity index (χ4n) is 2.46. The number of pyridine rings is 1. The zero-order valence-corrected chi connectivity index (χ0v) is 13.4.